The number of carbonyl (C=O) groups is 1. The van der Waals surface area contributed by atoms with Crippen molar-refractivity contribution < 1.29 is 4.79 Å². The number of amides is 1. The topological polar surface area (TPSA) is 68.9 Å². The predicted molar refractivity (Wildman–Crippen MR) is 86.8 cm³/mol. The minimum atomic E-state index is -0.163. The van der Waals surface area contributed by atoms with Crippen molar-refractivity contribution >= 4 is 16.9 Å². The van der Waals surface area contributed by atoms with Gasteiger partial charge in [0.25, 0.3) is 5.91 Å². The second kappa shape index (κ2) is 5.08. The molecule has 116 valence electrons. The first kappa shape index (κ1) is 13.8. The molecule has 0 bridgehead atoms. The van der Waals surface area contributed by atoms with E-state index in [1.165, 1.54) is 0 Å². The molecule has 1 N–H and O–H groups in total. The van der Waals surface area contributed by atoms with E-state index in [0.29, 0.717) is 17.4 Å². The number of para-hydroxylation sites is 2. The maximum absolute atomic E-state index is 12.5. The van der Waals surface area contributed by atoms with Crippen molar-refractivity contribution in [3.8, 4) is 5.69 Å². The largest absolute Gasteiger partial charge is 0.348 e. The molecule has 1 aliphatic carbocycles. The fourth-order valence-electron chi connectivity index (χ4n) is 2.68. The van der Waals surface area contributed by atoms with Crippen LogP contribution in [0.25, 0.3) is 16.7 Å². The number of nitrogens with zero attached hydrogens (tertiary/aromatic N) is 3. The Kier molecular flexibility index (Phi) is 3.04. The molecule has 0 spiro atoms. The van der Waals surface area contributed by atoms with Crippen molar-refractivity contribution in [1.82, 2.24) is 19.4 Å². The predicted octanol–water partition coefficient (Wildman–Crippen LogP) is 1.62. The molecule has 3 aromatic rings. The summed E-state index contributed by atoms with van der Waals surface area (Å²) < 4.78 is 3.20. The highest BCUT2D eigenvalue weighted by molar-refractivity contribution is 5.92. The number of benzene rings is 1. The van der Waals surface area contributed by atoms with E-state index < -0.39 is 0 Å². The summed E-state index contributed by atoms with van der Waals surface area (Å²) in [5.74, 6) is -0.163. The Morgan fingerprint density at radius 3 is 2.57 bits per heavy atom. The third kappa shape index (κ3) is 2.32. The molecule has 1 fully saturated rings. The van der Waals surface area contributed by atoms with Gasteiger partial charge in [-0.15, -0.1) is 0 Å². The van der Waals surface area contributed by atoms with Crippen molar-refractivity contribution in [1.29, 1.82) is 0 Å². The minimum absolute atomic E-state index is 0.136. The normalized spacial score (nSPS) is 14.1. The van der Waals surface area contributed by atoms with Crippen LogP contribution in [0.4, 0.5) is 0 Å². The van der Waals surface area contributed by atoms with Crippen molar-refractivity contribution in [2.24, 2.45) is 7.05 Å². The minimum Gasteiger partial charge on any atom is -0.348 e. The van der Waals surface area contributed by atoms with Crippen LogP contribution in [0.2, 0.25) is 0 Å². The number of aryl methyl sites for hydroxylation is 1. The van der Waals surface area contributed by atoms with E-state index in [1.54, 1.807) is 34.5 Å². The third-order valence-corrected chi connectivity index (χ3v) is 4.11. The molecule has 6 nitrogen and oxygen atoms in total. The second-order valence-electron chi connectivity index (χ2n) is 5.82. The summed E-state index contributed by atoms with van der Waals surface area (Å²) in [6, 6.07) is 11.3. The number of imidazole rings is 1. The van der Waals surface area contributed by atoms with Gasteiger partial charge in [0.05, 0.1) is 22.9 Å². The summed E-state index contributed by atoms with van der Waals surface area (Å²) in [7, 11) is 1.74. The standard InChI is InChI=1S/C17H16N4O2/c1-20-14-4-2-3-5-15(14)21(17(20)23)12-8-9-13(18-10-12)16(22)19-11-6-7-11/h2-5,8-11H,6-7H2,1H3,(H,19,22). The monoisotopic (exact) mass is 308 g/mol. The lowest BCUT2D eigenvalue weighted by molar-refractivity contribution is 0.0946. The van der Waals surface area contributed by atoms with Crippen molar-refractivity contribution in [3.63, 3.8) is 0 Å². The molecular formula is C17H16N4O2. The maximum atomic E-state index is 12.5. The van der Waals surface area contributed by atoms with Crippen LogP contribution in [0, 0.1) is 0 Å². The fourth-order valence-corrected chi connectivity index (χ4v) is 2.68. The van der Waals surface area contributed by atoms with Gasteiger partial charge >= 0.3 is 5.69 Å². The van der Waals surface area contributed by atoms with Crippen LogP contribution < -0.4 is 11.0 Å². The summed E-state index contributed by atoms with van der Waals surface area (Å²) in [6.07, 6.45) is 3.64. The number of hydrogen-bond acceptors (Lipinski definition) is 3. The van der Waals surface area contributed by atoms with Crippen molar-refractivity contribution in [3.05, 3.63) is 58.8 Å². The first-order chi connectivity index (χ1) is 11.1. The molecule has 0 aliphatic heterocycles. The molecule has 0 unspecified atom stereocenters. The number of aromatic nitrogens is 3. The summed E-state index contributed by atoms with van der Waals surface area (Å²) in [5.41, 5.74) is 2.55. The fraction of sp³-hybridized carbons (Fsp3) is 0.235. The van der Waals surface area contributed by atoms with E-state index in [-0.39, 0.29) is 11.6 Å². The molecule has 4 rings (SSSR count). The molecule has 1 aromatic carbocycles. The molecule has 2 heterocycles. The van der Waals surface area contributed by atoms with Gasteiger partial charge < -0.3 is 5.32 Å². The van der Waals surface area contributed by atoms with Crippen molar-refractivity contribution in [2.45, 2.75) is 18.9 Å². The Labute approximate surface area is 132 Å². The Morgan fingerprint density at radius 2 is 1.91 bits per heavy atom. The lowest BCUT2D eigenvalue weighted by Crippen LogP contribution is -2.26. The second-order valence-corrected chi connectivity index (χ2v) is 5.82. The molecule has 2 aromatic heterocycles. The summed E-state index contributed by atoms with van der Waals surface area (Å²) in [4.78, 5) is 28.7. The highest BCUT2D eigenvalue weighted by atomic mass is 16.2. The number of nitrogens with one attached hydrogen (secondary N) is 1. The van der Waals surface area contributed by atoms with Crippen LogP contribution in [0.15, 0.2) is 47.4 Å². The zero-order valence-electron chi connectivity index (χ0n) is 12.7. The Morgan fingerprint density at radius 1 is 1.17 bits per heavy atom. The van der Waals surface area contributed by atoms with Crippen molar-refractivity contribution in [2.75, 3.05) is 0 Å². The van der Waals surface area contributed by atoms with Gasteiger partial charge in [-0.1, -0.05) is 12.1 Å². The molecule has 0 atom stereocenters. The number of fused-ring (bicyclic) bond motifs is 1. The van der Waals surface area contributed by atoms with Gasteiger partial charge in [0, 0.05) is 13.1 Å². The molecule has 0 radical (unpaired) electrons. The van der Waals surface area contributed by atoms with Crippen LogP contribution in [-0.2, 0) is 7.05 Å². The van der Waals surface area contributed by atoms with E-state index in [9.17, 15) is 9.59 Å². The van der Waals surface area contributed by atoms with Gasteiger partial charge in [0.15, 0.2) is 0 Å². The quantitative estimate of drug-likeness (QED) is 0.799. The molecule has 1 aliphatic rings. The lowest BCUT2D eigenvalue weighted by Gasteiger charge is -2.05. The third-order valence-electron chi connectivity index (χ3n) is 4.11. The molecule has 1 amide bonds. The number of carbonyl (C=O) groups excluding carboxylic acids is 1. The average molecular weight is 308 g/mol. The van der Waals surface area contributed by atoms with E-state index in [0.717, 1.165) is 23.9 Å². The molecule has 23 heavy (non-hydrogen) atoms. The summed E-state index contributed by atoms with van der Waals surface area (Å²) in [5, 5.41) is 2.90. The van der Waals surface area contributed by atoms with Gasteiger partial charge in [-0.2, -0.15) is 0 Å². The van der Waals surface area contributed by atoms with E-state index in [4.69, 9.17) is 0 Å². The van der Waals surface area contributed by atoms with Gasteiger partial charge in [-0.3, -0.25) is 13.9 Å². The van der Waals surface area contributed by atoms with Gasteiger partial charge in [-0.25, -0.2) is 9.78 Å². The number of pyridine rings is 1. The first-order valence-corrected chi connectivity index (χ1v) is 7.59. The lowest BCUT2D eigenvalue weighted by atomic mass is 10.3. The molecule has 1 saturated carbocycles. The zero-order valence-corrected chi connectivity index (χ0v) is 12.7. The van der Waals surface area contributed by atoms with Gasteiger partial charge in [0.2, 0.25) is 0 Å². The highest BCUT2D eigenvalue weighted by Crippen LogP contribution is 2.19. The van der Waals surface area contributed by atoms with Gasteiger partial charge in [0.1, 0.15) is 5.69 Å². The molecule has 0 saturated heterocycles. The van der Waals surface area contributed by atoms with Crippen LogP contribution in [0.5, 0.6) is 0 Å². The number of hydrogen-bond donors (Lipinski definition) is 1. The van der Waals surface area contributed by atoms with Crippen LogP contribution >= 0.6 is 0 Å². The molecule has 6 heteroatoms. The maximum Gasteiger partial charge on any atom is 0.333 e. The van der Waals surface area contributed by atoms with E-state index >= 15 is 0 Å². The van der Waals surface area contributed by atoms with E-state index in [2.05, 4.69) is 10.3 Å². The summed E-state index contributed by atoms with van der Waals surface area (Å²) >= 11 is 0. The van der Waals surface area contributed by atoms with Crippen LogP contribution in [0.1, 0.15) is 23.3 Å². The zero-order chi connectivity index (χ0) is 16.0. The van der Waals surface area contributed by atoms with Crippen LogP contribution in [-0.4, -0.2) is 26.1 Å². The highest BCUT2D eigenvalue weighted by Gasteiger charge is 2.24. The number of rotatable bonds is 3. The van der Waals surface area contributed by atoms with Gasteiger partial charge in [-0.05, 0) is 37.1 Å². The first-order valence-electron chi connectivity index (χ1n) is 7.59. The summed E-state index contributed by atoms with van der Waals surface area (Å²) in [6.45, 7) is 0. The Bertz CT molecular complexity index is 949. The smallest absolute Gasteiger partial charge is 0.333 e. The molecular weight excluding hydrogens is 292 g/mol. The Balaban J connectivity index is 1.75. The van der Waals surface area contributed by atoms with E-state index in [1.807, 2.05) is 24.3 Å². The van der Waals surface area contributed by atoms with Crippen LogP contribution in [0.3, 0.4) is 0 Å². The SMILES string of the molecule is Cn1c(=O)n(-c2ccc(C(=O)NC3CC3)nc2)c2ccccc21. The Hall–Kier alpha value is -2.89. The average Bonchev–Trinajstić information content (AvgIpc) is 3.35.